The molecule has 17 heavy (non-hydrogen) atoms. The van der Waals surface area contributed by atoms with Crippen LogP contribution >= 0.6 is 0 Å². The van der Waals surface area contributed by atoms with E-state index in [2.05, 4.69) is 4.74 Å². The van der Waals surface area contributed by atoms with Gasteiger partial charge in [0.25, 0.3) is 5.97 Å². The van der Waals surface area contributed by atoms with Crippen LogP contribution in [0.15, 0.2) is 0 Å². The average molecular weight is 254 g/mol. The summed E-state index contributed by atoms with van der Waals surface area (Å²) in [5, 5.41) is 32.5. The summed E-state index contributed by atoms with van der Waals surface area (Å²) in [6.07, 6.45) is 0.756. The van der Waals surface area contributed by atoms with Gasteiger partial charge < -0.3 is 29.9 Å². The Hall–Kier alpha value is -0.240. The molecule has 0 aromatic heterocycles. The lowest BCUT2D eigenvalue weighted by Gasteiger charge is -2.10. The Labute approximate surface area is 103 Å². The molecule has 6 nitrogen and oxygen atoms in total. The van der Waals surface area contributed by atoms with Gasteiger partial charge in [-0.2, -0.15) is 0 Å². The van der Waals surface area contributed by atoms with Crippen LogP contribution in [-0.2, 0) is 9.47 Å². The van der Waals surface area contributed by atoms with Crippen molar-refractivity contribution in [3.63, 3.8) is 0 Å². The minimum atomic E-state index is -2.45. The largest absolute Gasteiger partial charge is 0.394 e. The number of aliphatic hydroxyl groups is 4. The fourth-order valence-corrected chi connectivity index (χ4v) is 0.713. The van der Waals surface area contributed by atoms with E-state index in [0.29, 0.717) is 6.42 Å². The zero-order chi connectivity index (χ0) is 13.7. The Morgan fingerprint density at radius 2 is 1.65 bits per heavy atom. The first kappa shape index (κ1) is 19.1. The van der Waals surface area contributed by atoms with Crippen LogP contribution in [0, 0.1) is 0 Å². The molecule has 106 valence electrons. The first-order valence-electron chi connectivity index (χ1n) is 5.88. The maximum Gasteiger partial charge on any atom is 0.275 e. The van der Waals surface area contributed by atoms with Crippen molar-refractivity contribution in [2.24, 2.45) is 0 Å². The summed E-state index contributed by atoms with van der Waals surface area (Å²) in [7, 11) is 0. The maximum atomic E-state index is 8.13. The average Bonchev–Trinajstić information content (AvgIpc) is 3.02. The number of hydrogen-bond acceptors (Lipinski definition) is 6. The summed E-state index contributed by atoms with van der Waals surface area (Å²) in [6.45, 7) is 8.37. The number of ether oxygens (including phenoxy) is 2. The van der Waals surface area contributed by atoms with E-state index < -0.39 is 5.97 Å². The highest BCUT2D eigenvalue weighted by molar-refractivity contribution is 4.65. The van der Waals surface area contributed by atoms with Gasteiger partial charge in [-0.25, -0.2) is 0 Å². The summed E-state index contributed by atoms with van der Waals surface area (Å²) in [5.74, 6) is -2.45. The van der Waals surface area contributed by atoms with E-state index >= 15 is 0 Å². The fraction of sp³-hybridized carbons (Fsp3) is 1.00. The molecule has 0 amide bonds. The van der Waals surface area contributed by atoms with Gasteiger partial charge in [-0.05, 0) is 20.3 Å². The number of hydrogen-bond donors (Lipinski definition) is 4. The van der Waals surface area contributed by atoms with E-state index in [0.717, 1.165) is 19.8 Å². The van der Waals surface area contributed by atoms with Crippen molar-refractivity contribution >= 4 is 0 Å². The summed E-state index contributed by atoms with van der Waals surface area (Å²) >= 11 is 0. The Morgan fingerprint density at radius 1 is 1.18 bits per heavy atom. The quantitative estimate of drug-likeness (QED) is 0.401. The van der Waals surface area contributed by atoms with E-state index in [1.807, 2.05) is 13.8 Å². The highest BCUT2D eigenvalue weighted by Crippen LogP contribution is 2.05. The lowest BCUT2D eigenvalue weighted by atomic mass is 10.3. The van der Waals surface area contributed by atoms with E-state index in [1.54, 1.807) is 6.92 Å². The van der Waals surface area contributed by atoms with Crippen molar-refractivity contribution < 1.29 is 29.9 Å². The third kappa shape index (κ3) is 25.8. The van der Waals surface area contributed by atoms with Gasteiger partial charge in [-0.3, -0.25) is 0 Å². The third-order valence-corrected chi connectivity index (χ3v) is 1.60. The monoisotopic (exact) mass is 254 g/mol. The molecule has 4 N–H and O–H groups in total. The number of aliphatic hydroxyl groups excluding tert-OH is 1. The molecule has 1 unspecified atom stereocenters. The topological polar surface area (TPSA) is 103 Å². The molecule has 0 radical (unpaired) electrons. The molecular formula is C11H26O6. The molecule has 1 aliphatic heterocycles. The van der Waals surface area contributed by atoms with Crippen molar-refractivity contribution in [3.8, 4) is 0 Å². The van der Waals surface area contributed by atoms with Gasteiger partial charge in [-0.15, -0.1) is 0 Å². The summed E-state index contributed by atoms with van der Waals surface area (Å²) in [4.78, 5) is 0. The lowest BCUT2D eigenvalue weighted by Crippen LogP contribution is -2.26. The summed E-state index contributed by atoms with van der Waals surface area (Å²) < 4.78 is 9.44. The standard InChI is InChI=1S/C4H10O3.C4H10O.C3H6O2/c1-2-3-4(5,6)7;1-3-5-4-2;4-1-3-2-5-3/h5-7H,2-3H2,1H3;3-4H2,1-2H3;3-4H,1-2H2. The lowest BCUT2D eigenvalue weighted by molar-refractivity contribution is -0.314. The molecule has 0 aromatic carbocycles. The van der Waals surface area contributed by atoms with Crippen LogP contribution in [0.4, 0.5) is 0 Å². The van der Waals surface area contributed by atoms with Crippen LogP contribution in [-0.4, -0.2) is 58.9 Å². The van der Waals surface area contributed by atoms with Crippen LogP contribution in [0.1, 0.15) is 33.6 Å². The zero-order valence-corrected chi connectivity index (χ0v) is 10.9. The van der Waals surface area contributed by atoms with Crippen LogP contribution < -0.4 is 0 Å². The highest BCUT2D eigenvalue weighted by atomic mass is 16.7. The summed E-state index contributed by atoms with van der Waals surface area (Å²) in [5.41, 5.74) is 0. The maximum absolute atomic E-state index is 8.13. The van der Waals surface area contributed by atoms with E-state index in [-0.39, 0.29) is 19.1 Å². The van der Waals surface area contributed by atoms with Crippen molar-refractivity contribution in [3.05, 3.63) is 0 Å². The SMILES string of the molecule is CCCC(O)(O)O.CCOCC.OCC1CO1. The van der Waals surface area contributed by atoms with E-state index in [4.69, 9.17) is 25.2 Å². The molecule has 1 rings (SSSR count). The number of epoxide rings is 1. The van der Waals surface area contributed by atoms with Gasteiger partial charge in [0.15, 0.2) is 0 Å². The highest BCUT2D eigenvalue weighted by Gasteiger charge is 2.19. The van der Waals surface area contributed by atoms with Crippen LogP contribution in [0.5, 0.6) is 0 Å². The molecule has 0 spiro atoms. The Kier molecular flexibility index (Phi) is 13.7. The molecule has 1 atom stereocenters. The molecular weight excluding hydrogens is 228 g/mol. The van der Waals surface area contributed by atoms with Crippen molar-refractivity contribution in [2.45, 2.75) is 45.7 Å². The Balaban J connectivity index is 0. The van der Waals surface area contributed by atoms with E-state index in [9.17, 15) is 0 Å². The molecule has 0 saturated carbocycles. The molecule has 0 aliphatic carbocycles. The van der Waals surface area contributed by atoms with Gasteiger partial charge in [0.05, 0.1) is 13.2 Å². The fourth-order valence-electron chi connectivity index (χ4n) is 0.713. The van der Waals surface area contributed by atoms with E-state index in [1.165, 1.54) is 0 Å². The molecule has 1 aliphatic rings. The van der Waals surface area contributed by atoms with Crippen LogP contribution in [0.2, 0.25) is 0 Å². The summed E-state index contributed by atoms with van der Waals surface area (Å²) in [6, 6.07) is 0. The smallest absolute Gasteiger partial charge is 0.275 e. The van der Waals surface area contributed by atoms with Crippen LogP contribution in [0.25, 0.3) is 0 Å². The van der Waals surface area contributed by atoms with Crippen LogP contribution in [0.3, 0.4) is 0 Å². The molecule has 1 saturated heterocycles. The molecule has 0 bridgehead atoms. The van der Waals surface area contributed by atoms with Crippen molar-refractivity contribution in [2.75, 3.05) is 26.4 Å². The molecule has 6 heteroatoms. The zero-order valence-electron chi connectivity index (χ0n) is 10.9. The second-order valence-electron chi connectivity index (χ2n) is 3.44. The van der Waals surface area contributed by atoms with Gasteiger partial charge in [0, 0.05) is 19.6 Å². The second kappa shape index (κ2) is 12.2. The normalized spacial score (nSPS) is 17.5. The third-order valence-electron chi connectivity index (χ3n) is 1.60. The first-order chi connectivity index (χ1) is 7.91. The van der Waals surface area contributed by atoms with Crippen molar-refractivity contribution in [1.29, 1.82) is 0 Å². The predicted octanol–water partition coefficient (Wildman–Crippen LogP) is -0.163. The molecule has 0 aromatic rings. The van der Waals surface area contributed by atoms with Gasteiger partial charge >= 0.3 is 0 Å². The Morgan fingerprint density at radius 3 is 1.65 bits per heavy atom. The van der Waals surface area contributed by atoms with Gasteiger partial charge in [0.1, 0.15) is 6.10 Å². The number of rotatable bonds is 5. The van der Waals surface area contributed by atoms with Crippen molar-refractivity contribution in [1.82, 2.24) is 0 Å². The first-order valence-corrected chi connectivity index (χ1v) is 5.88. The van der Waals surface area contributed by atoms with Gasteiger partial charge in [0.2, 0.25) is 0 Å². The molecule has 1 fully saturated rings. The molecule has 1 heterocycles. The second-order valence-corrected chi connectivity index (χ2v) is 3.44. The Bertz CT molecular complexity index is 139. The predicted molar refractivity (Wildman–Crippen MR) is 63.3 cm³/mol. The minimum absolute atomic E-state index is 0.00694. The minimum Gasteiger partial charge on any atom is -0.394 e. The van der Waals surface area contributed by atoms with Gasteiger partial charge in [-0.1, -0.05) is 6.92 Å².